The Labute approximate surface area is 116 Å². The number of anilines is 1. The van der Waals surface area contributed by atoms with Gasteiger partial charge in [-0.25, -0.2) is 0 Å². The van der Waals surface area contributed by atoms with Crippen molar-refractivity contribution in [3.05, 3.63) is 29.8 Å². The first-order chi connectivity index (χ1) is 8.93. The molecule has 1 unspecified atom stereocenters. The molecule has 3 N–H and O–H groups in total. The van der Waals surface area contributed by atoms with Crippen LogP contribution in [0.15, 0.2) is 24.3 Å². The van der Waals surface area contributed by atoms with E-state index in [1.807, 2.05) is 25.8 Å². The predicted octanol–water partition coefficient (Wildman–Crippen LogP) is 1.54. The molecule has 19 heavy (non-hydrogen) atoms. The average molecular weight is 263 g/mol. The van der Waals surface area contributed by atoms with E-state index in [0.29, 0.717) is 6.54 Å². The monoisotopic (exact) mass is 263 g/mol. The molecule has 0 aliphatic rings. The van der Waals surface area contributed by atoms with Crippen LogP contribution in [0, 0.1) is 0 Å². The van der Waals surface area contributed by atoms with E-state index in [-0.39, 0.29) is 18.0 Å². The van der Waals surface area contributed by atoms with Crippen molar-refractivity contribution in [1.29, 1.82) is 0 Å². The summed E-state index contributed by atoms with van der Waals surface area (Å²) < 4.78 is 0. The summed E-state index contributed by atoms with van der Waals surface area (Å²) in [6.07, 6.45) is 1.03. The highest BCUT2D eigenvalue weighted by Gasteiger charge is 2.18. The molecular weight excluding hydrogens is 238 g/mol. The Hall–Kier alpha value is -1.55. The van der Waals surface area contributed by atoms with Gasteiger partial charge in [-0.15, -0.1) is 0 Å². The molecule has 0 saturated heterocycles. The molecule has 0 radical (unpaired) electrons. The van der Waals surface area contributed by atoms with Gasteiger partial charge in [0.15, 0.2) is 0 Å². The Bertz CT molecular complexity index is 400. The third-order valence-electron chi connectivity index (χ3n) is 3.12. The Kier molecular flexibility index (Phi) is 5.83. The Morgan fingerprint density at radius 1 is 1.32 bits per heavy atom. The van der Waals surface area contributed by atoms with Crippen LogP contribution >= 0.6 is 0 Å². The van der Waals surface area contributed by atoms with Crippen LogP contribution in [0.3, 0.4) is 0 Å². The summed E-state index contributed by atoms with van der Waals surface area (Å²) in [6, 6.07) is 8.27. The van der Waals surface area contributed by atoms with E-state index in [1.165, 1.54) is 5.56 Å². The number of carbonyl (C=O) groups is 1. The molecule has 1 amide bonds. The van der Waals surface area contributed by atoms with E-state index in [1.54, 1.807) is 0 Å². The Morgan fingerprint density at radius 3 is 2.32 bits per heavy atom. The second-order valence-electron chi connectivity index (χ2n) is 5.18. The number of amides is 1. The molecule has 0 bridgehead atoms. The molecule has 1 atom stereocenters. The van der Waals surface area contributed by atoms with Gasteiger partial charge in [0, 0.05) is 25.3 Å². The molecule has 1 aromatic rings. The highest BCUT2D eigenvalue weighted by atomic mass is 16.1. The molecule has 0 fully saturated rings. The molecular formula is C15H25N3O. The zero-order valence-electron chi connectivity index (χ0n) is 12.3. The number of nitrogens with zero attached hydrogens (tertiary/aromatic N) is 1. The summed E-state index contributed by atoms with van der Waals surface area (Å²) in [5.41, 5.74) is 7.83. The fourth-order valence-corrected chi connectivity index (χ4v) is 1.99. The molecule has 4 nitrogen and oxygen atoms in total. The van der Waals surface area contributed by atoms with Gasteiger partial charge in [-0.3, -0.25) is 4.79 Å². The first kappa shape index (κ1) is 15.5. The number of hydrogen-bond acceptors (Lipinski definition) is 3. The minimum Gasteiger partial charge on any atom is -0.372 e. The number of nitrogens with one attached hydrogen (secondary N) is 1. The number of hydrogen-bond donors (Lipinski definition) is 2. The SMILES string of the molecule is CCc1ccc(N(C)CC(NC(C)C)C(N)=O)cc1. The van der Waals surface area contributed by atoms with Crippen molar-refractivity contribution >= 4 is 11.6 Å². The molecule has 0 aromatic heterocycles. The van der Waals surface area contributed by atoms with E-state index < -0.39 is 0 Å². The first-order valence-electron chi connectivity index (χ1n) is 6.79. The van der Waals surface area contributed by atoms with E-state index in [2.05, 4.69) is 36.5 Å². The maximum Gasteiger partial charge on any atom is 0.236 e. The fraction of sp³-hybridized carbons (Fsp3) is 0.533. The van der Waals surface area contributed by atoms with Gasteiger partial charge in [0.25, 0.3) is 0 Å². The van der Waals surface area contributed by atoms with Crippen LogP contribution < -0.4 is 16.0 Å². The summed E-state index contributed by atoms with van der Waals surface area (Å²) in [6.45, 7) is 6.71. The lowest BCUT2D eigenvalue weighted by Gasteiger charge is -2.26. The zero-order valence-corrected chi connectivity index (χ0v) is 12.3. The molecule has 106 valence electrons. The maximum absolute atomic E-state index is 11.4. The molecule has 0 aliphatic heterocycles. The van der Waals surface area contributed by atoms with Crippen molar-refractivity contribution in [2.75, 3.05) is 18.5 Å². The number of likely N-dealkylation sites (N-methyl/N-ethyl adjacent to an activating group) is 1. The van der Waals surface area contributed by atoms with Crippen molar-refractivity contribution in [1.82, 2.24) is 5.32 Å². The van der Waals surface area contributed by atoms with Crippen LogP contribution in [-0.2, 0) is 11.2 Å². The van der Waals surface area contributed by atoms with Crippen LogP contribution in [0.25, 0.3) is 0 Å². The molecule has 1 aromatic carbocycles. The van der Waals surface area contributed by atoms with Gasteiger partial charge >= 0.3 is 0 Å². The minimum absolute atomic E-state index is 0.230. The van der Waals surface area contributed by atoms with Gasteiger partial charge in [-0.2, -0.15) is 0 Å². The fourth-order valence-electron chi connectivity index (χ4n) is 1.99. The number of aryl methyl sites for hydroxylation is 1. The molecule has 0 heterocycles. The Balaban J connectivity index is 2.69. The Morgan fingerprint density at radius 2 is 1.89 bits per heavy atom. The van der Waals surface area contributed by atoms with Crippen molar-refractivity contribution in [3.8, 4) is 0 Å². The molecule has 0 aliphatic carbocycles. The molecule has 4 heteroatoms. The summed E-state index contributed by atoms with van der Waals surface area (Å²) >= 11 is 0. The van der Waals surface area contributed by atoms with E-state index in [4.69, 9.17) is 5.73 Å². The largest absolute Gasteiger partial charge is 0.372 e. The summed E-state index contributed by atoms with van der Waals surface area (Å²) in [5.74, 6) is -0.314. The number of benzene rings is 1. The zero-order chi connectivity index (χ0) is 14.4. The first-order valence-corrected chi connectivity index (χ1v) is 6.79. The topological polar surface area (TPSA) is 58.4 Å². The molecule has 0 saturated carbocycles. The number of rotatable bonds is 7. The van der Waals surface area contributed by atoms with Gasteiger partial charge in [0.2, 0.25) is 5.91 Å². The van der Waals surface area contributed by atoms with Crippen LogP contribution in [0.1, 0.15) is 26.3 Å². The van der Waals surface area contributed by atoms with Gasteiger partial charge in [-0.05, 0) is 24.1 Å². The average Bonchev–Trinajstić information content (AvgIpc) is 2.37. The number of carbonyl (C=O) groups excluding carboxylic acids is 1. The van der Waals surface area contributed by atoms with Crippen LogP contribution in [0.2, 0.25) is 0 Å². The van der Waals surface area contributed by atoms with Crippen LogP contribution in [0.4, 0.5) is 5.69 Å². The summed E-state index contributed by atoms with van der Waals surface area (Å²) in [7, 11) is 1.97. The van der Waals surface area contributed by atoms with Crippen LogP contribution in [-0.4, -0.2) is 31.6 Å². The highest BCUT2D eigenvalue weighted by molar-refractivity contribution is 5.80. The smallest absolute Gasteiger partial charge is 0.236 e. The van der Waals surface area contributed by atoms with Crippen molar-refractivity contribution < 1.29 is 4.79 Å². The molecule has 1 rings (SSSR count). The normalized spacial score (nSPS) is 12.5. The standard InChI is InChI=1S/C15H25N3O/c1-5-12-6-8-13(9-7-12)18(4)10-14(15(16)19)17-11(2)3/h6-9,11,14,17H,5,10H2,1-4H3,(H2,16,19). The van der Waals surface area contributed by atoms with Crippen molar-refractivity contribution in [2.24, 2.45) is 5.73 Å². The van der Waals surface area contributed by atoms with Crippen molar-refractivity contribution in [2.45, 2.75) is 39.3 Å². The number of primary amides is 1. The van der Waals surface area contributed by atoms with Gasteiger partial charge in [0.1, 0.15) is 6.04 Å². The quantitative estimate of drug-likeness (QED) is 0.784. The van der Waals surface area contributed by atoms with E-state index >= 15 is 0 Å². The van der Waals surface area contributed by atoms with Crippen LogP contribution in [0.5, 0.6) is 0 Å². The third-order valence-corrected chi connectivity index (χ3v) is 3.12. The summed E-state index contributed by atoms with van der Waals surface area (Å²) in [5, 5.41) is 3.19. The summed E-state index contributed by atoms with van der Waals surface area (Å²) in [4.78, 5) is 13.5. The second kappa shape index (κ2) is 7.14. The van der Waals surface area contributed by atoms with Gasteiger partial charge in [-0.1, -0.05) is 32.9 Å². The van der Waals surface area contributed by atoms with Crippen molar-refractivity contribution in [3.63, 3.8) is 0 Å². The second-order valence-corrected chi connectivity index (χ2v) is 5.18. The lowest BCUT2D eigenvalue weighted by molar-refractivity contribution is -0.119. The maximum atomic E-state index is 11.4. The minimum atomic E-state index is -0.337. The van der Waals surface area contributed by atoms with Gasteiger partial charge < -0.3 is 16.0 Å². The van der Waals surface area contributed by atoms with Gasteiger partial charge in [0.05, 0.1) is 0 Å². The number of nitrogens with two attached hydrogens (primary N) is 1. The third kappa shape index (κ3) is 4.91. The molecule has 0 spiro atoms. The van der Waals surface area contributed by atoms with E-state index in [9.17, 15) is 4.79 Å². The lowest BCUT2D eigenvalue weighted by Crippen LogP contribution is -2.50. The predicted molar refractivity (Wildman–Crippen MR) is 80.3 cm³/mol. The highest BCUT2D eigenvalue weighted by Crippen LogP contribution is 2.14. The lowest BCUT2D eigenvalue weighted by atomic mass is 10.1. The van der Waals surface area contributed by atoms with E-state index in [0.717, 1.165) is 12.1 Å².